The highest BCUT2D eigenvalue weighted by molar-refractivity contribution is 7.13. The van der Waals surface area contributed by atoms with E-state index >= 15 is 0 Å². The normalized spacial score (nSPS) is 16.2. The van der Waals surface area contributed by atoms with Crippen LogP contribution in [0.15, 0.2) is 29.6 Å². The van der Waals surface area contributed by atoms with Crippen LogP contribution in [0.4, 0.5) is 0 Å². The van der Waals surface area contributed by atoms with Crippen LogP contribution in [0.2, 0.25) is 0 Å². The van der Waals surface area contributed by atoms with E-state index in [-0.39, 0.29) is 0 Å². The Morgan fingerprint density at radius 3 is 2.47 bits per heavy atom. The fraction of sp³-hybridized carbons (Fsp3) is 0.375. The van der Waals surface area contributed by atoms with E-state index in [9.17, 15) is 0 Å². The fourth-order valence-electron chi connectivity index (χ4n) is 2.79. The predicted molar refractivity (Wildman–Crippen MR) is 78.1 cm³/mol. The van der Waals surface area contributed by atoms with Crippen molar-refractivity contribution in [2.45, 2.75) is 38.0 Å². The third-order valence-electron chi connectivity index (χ3n) is 3.85. The topological polar surface area (TPSA) is 36.7 Å². The van der Waals surface area contributed by atoms with Gasteiger partial charge in [0.2, 0.25) is 0 Å². The number of nitriles is 1. The summed E-state index contributed by atoms with van der Waals surface area (Å²) >= 11 is 1.54. The van der Waals surface area contributed by atoms with E-state index in [0.717, 1.165) is 16.5 Å². The molecule has 0 bridgehead atoms. The second-order valence-electron chi connectivity index (χ2n) is 5.11. The van der Waals surface area contributed by atoms with Gasteiger partial charge in [-0.1, -0.05) is 43.5 Å². The van der Waals surface area contributed by atoms with Crippen molar-refractivity contribution in [3.8, 4) is 16.6 Å². The summed E-state index contributed by atoms with van der Waals surface area (Å²) in [5.41, 5.74) is 3.09. The Bertz CT molecular complexity index is 586. The van der Waals surface area contributed by atoms with Crippen LogP contribution >= 0.6 is 11.3 Å². The summed E-state index contributed by atoms with van der Waals surface area (Å²) in [6.45, 7) is 0. The lowest BCUT2D eigenvalue weighted by molar-refractivity contribution is 0.443. The van der Waals surface area contributed by atoms with Gasteiger partial charge in [0.25, 0.3) is 0 Å². The van der Waals surface area contributed by atoms with Crippen LogP contribution in [0, 0.1) is 11.3 Å². The summed E-state index contributed by atoms with van der Waals surface area (Å²) in [6.07, 6.45) is 6.78. The van der Waals surface area contributed by atoms with Crippen molar-refractivity contribution < 1.29 is 0 Å². The monoisotopic (exact) mass is 268 g/mol. The van der Waals surface area contributed by atoms with Crippen molar-refractivity contribution >= 4 is 11.3 Å². The minimum absolute atomic E-state index is 0.511. The highest BCUT2D eigenvalue weighted by atomic mass is 32.1. The van der Waals surface area contributed by atoms with Gasteiger partial charge in [0.05, 0.1) is 0 Å². The van der Waals surface area contributed by atoms with Gasteiger partial charge in [-0.2, -0.15) is 5.26 Å². The van der Waals surface area contributed by atoms with E-state index in [1.165, 1.54) is 49.0 Å². The highest BCUT2D eigenvalue weighted by Crippen LogP contribution is 2.33. The molecule has 1 aromatic heterocycles. The molecule has 3 rings (SSSR count). The number of rotatable bonds is 2. The molecule has 0 N–H and O–H groups in total. The third kappa shape index (κ3) is 2.69. The van der Waals surface area contributed by atoms with E-state index in [4.69, 9.17) is 5.26 Å². The molecule has 96 valence electrons. The molecule has 0 spiro atoms. The molecule has 0 radical (unpaired) electrons. The summed E-state index contributed by atoms with van der Waals surface area (Å²) in [4.78, 5) is 4.30. The van der Waals surface area contributed by atoms with Gasteiger partial charge < -0.3 is 0 Å². The van der Waals surface area contributed by atoms with E-state index in [1.54, 1.807) is 0 Å². The Kier molecular flexibility index (Phi) is 3.61. The number of hydrogen-bond acceptors (Lipinski definition) is 3. The molecule has 1 fully saturated rings. The largest absolute Gasteiger partial charge is 0.225 e. The molecule has 1 aliphatic rings. The van der Waals surface area contributed by atoms with Crippen LogP contribution in [0.25, 0.3) is 10.6 Å². The van der Waals surface area contributed by atoms with Gasteiger partial charge in [0.15, 0.2) is 5.69 Å². The van der Waals surface area contributed by atoms with Crippen LogP contribution in [0.1, 0.15) is 49.3 Å². The lowest BCUT2D eigenvalue weighted by atomic mass is 9.84. The number of nitrogens with zero attached hydrogens (tertiary/aromatic N) is 2. The molecule has 0 atom stereocenters. The minimum Gasteiger partial charge on any atom is -0.225 e. The Labute approximate surface area is 117 Å². The van der Waals surface area contributed by atoms with Crippen molar-refractivity contribution in [2.75, 3.05) is 0 Å². The number of aromatic nitrogens is 1. The molecule has 1 saturated carbocycles. The Hall–Kier alpha value is -1.66. The Morgan fingerprint density at radius 1 is 1.11 bits per heavy atom. The second kappa shape index (κ2) is 5.54. The first kappa shape index (κ1) is 12.4. The van der Waals surface area contributed by atoms with Crippen molar-refractivity contribution in [3.05, 3.63) is 40.9 Å². The quantitative estimate of drug-likeness (QED) is 0.789. The summed E-state index contributed by atoms with van der Waals surface area (Å²) < 4.78 is 0. The Morgan fingerprint density at radius 2 is 1.84 bits per heavy atom. The zero-order chi connectivity index (χ0) is 13.1. The summed E-state index contributed by atoms with van der Waals surface area (Å²) in [6, 6.07) is 10.8. The van der Waals surface area contributed by atoms with Gasteiger partial charge >= 0.3 is 0 Å². The van der Waals surface area contributed by atoms with Crippen LogP contribution in [0.5, 0.6) is 0 Å². The van der Waals surface area contributed by atoms with Gasteiger partial charge in [0.1, 0.15) is 11.1 Å². The first-order valence-electron chi connectivity index (χ1n) is 6.83. The van der Waals surface area contributed by atoms with Crippen molar-refractivity contribution in [2.24, 2.45) is 0 Å². The van der Waals surface area contributed by atoms with Crippen LogP contribution in [0.3, 0.4) is 0 Å². The molecule has 1 heterocycles. The van der Waals surface area contributed by atoms with Gasteiger partial charge in [-0.25, -0.2) is 4.98 Å². The lowest BCUT2D eigenvalue weighted by Crippen LogP contribution is -2.04. The second-order valence-corrected chi connectivity index (χ2v) is 5.96. The lowest BCUT2D eigenvalue weighted by Gasteiger charge is -2.21. The number of benzene rings is 1. The summed E-state index contributed by atoms with van der Waals surface area (Å²) in [5, 5.41) is 11.6. The SMILES string of the molecule is N#Cc1csc(-c2ccc(C3CCCCC3)cc2)n1. The Balaban J connectivity index is 1.80. The van der Waals surface area contributed by atoms with E-state index in [1.807, 2.05) is 5.38 Å². The number of hydrogen-bond donors (Lipinski definition) is 0. The molecule has 0 amide bonds. The molecular weight excluding hydrogens is 252 g/mol. The maximum atomic E-state index is 8.81. The van der Waals surface area contributed by atoms with Gasteiger partial charge in [-0.3, -0.25) is 0 Å². The molecule has 2 nitrogen and oxygen atoms in total. The van der Waals surface area contributed by atoms with Crippen LogP contribution in [-0.2, 0) is 0 Å². The predicted octanol–water partition coefficient (Wildman–Crippen LogP) is 4.73. The first-order chi connectivity index (χ1) is 9.36. The maximum Gasteiger partial charge on any atom is 0.152 e. The summed E-state index contributed by atoms with van der Waals surface area (Å²) in [7, 11) is 0. The first-order valence-corrected chi connectivity index (χ1v) is 7.71. The molecule has 19 heavy (non-hydrogen) atoms. The average molecular weight is 268 g/mol. The van der Waals surface area contributed by atoms with Gasteiger partial charge in [-0.15, -0.1) is 11.3 Å². The van der Waals surface area contributed by atoms with E-state index < -0.39 is 0 Å². The molecule has 1 aromatic carbocycles. The maximum absolute atomic E-state index is 8.81. The van der Waals surface area contributed by atoms with Crippen molar-refractivity contribution in [1.29, 1.82) is 5.26 Å². The van der Waals surface area contributed by atoms with Crippen LogP contribution in [-0.4, -0.2) is 4.98 Å². The van der Waals surface area contributed by atoms with Gasteiger partial charge in [-0.05, 0) is 24.3 Å². The van der Waals surface area contributed by atoms with E-state index in [2.05, 4.69) is 35.3 Å². The third-order valence-corrected chi connectivity index (χ3v) is 4.74. The van der Waals surface area contributed by atoms with Crippen molar-refractivity contribution in [3.63, 3.8) is 0 Å². The molecule has 2 aromatic rings. The molecule has 0 saturated heterocycles. The molecule has 1 aliphatic carbocycles. The zero-order valence-corrected chi connectivity index (χ0v) is 11.6. The average Bonchev–Trinajstić information content (AvgIpc) is 2.97. The number of thiazole rings is 1. The van der Waals surface area contributed by atoms with Crippen molar-refractivity contribution in [1.82, 2.24) is 4.98 Å². The molecule has 0 unspecified atom stereocenters. The highest BCUT2D eigenvalue weighted by Gasteiger charge is 2.15. The summed E-state index contributed by atoms with van der Waals surface area (Å²) in [5.74, 6) is 0.744. The smallest absolute Gasteiger partial charge is 0.152 e. The zero-order valence-electron chi connectivity index (χ0n) is 10.8. The molecule has 0 aliphatic heterocycles. The molecular formula is C16H16N2S. The standard InChI is InChI=1S/C16H16N2S/c17-10-15-11-19-16(18-15)14-8-6-13(7-9-14)12-4-2-1-3-5-12/h6-9,11-12H,1-5H2. The fourth-order valence-corrected chi connectivity index (χ4v) is 3.54. The van der Waals surface area contributed by atoms with Crippen LogP contribution < -0.4 is 0 Å². The van der Waals surface area contributed by atoms with Gasteiger partial charge in [0, 0.05) is 10.9 Å². The minimum atomic E-state index is 0.511. The van der Waals surface area contributed by atoms with E-state index in [0.29, 0.717) is 5.69 Å². The molecule has 3 heteroatoms.